The van der Waals surface area contributed by atoms with Crippen molar-refractivity contribution < 1.29 is 4.79 Å². The van der Waals surface area contributed by atoms with Crippen molar-refractivity contribution in [1.82, 2.24) is 9.97 Å². The standard InChI is InChI=1S/C30H43N3O/c31-28(34)21-15-13-11-9-7-5-3-1-2-4-6-8-10-12-14-18-25-24-26-19-16-22-32-29(26)30-27(25)20-17-23-33-30/h16-17,19-20,22-24H,1-15,18,21H2,(H2,31,34). The van der Waals surface area contributed by atoms with Gasteiger partial charge >= 0.3 is 0 Å². The van der Waals surface area contributed by atoms with Crippen LogP contribution in [0.15, 0.2) is 42.7 Å². The predicted molar refractivity (Wildman–Crippen MR) is 144 cm³/mol. The van der Waals surface area contributed by atoms with E-state index in [4.69, 9.17) is 5.73 Å². The third-order valence-corrected chi connectivity index (χ3v) is 6.92. The molecule has 4 heteroatoms. The molecule has 2 N–H and O–H groups in total. The van der Waals surface area contributed by atoms with Gasteiger partial charge in [0.15, 0.2) is 0 Å². The number of carbonyl (C=O) groups is 1. The Balaban J connectivity index is 1.19. The Hall–Kier alpha value is -2.49. The topological polar surface area (TPSA) is 68.9 Å². The molecule has 4 nitrogen and oxygen atoms in total. The van der Waals surface area contributed by atoms with E-state index in [1.807, 2.05) is 24.5 Å². The summed E-state index contributed by atoms with van der Waals surface area (Å²) in [7, 11) is 0. The first kappa shape index (κ1) is 26.1. The van der Waals surface area contributed by atoms with Crippen LogP contribution < -0.4 is 5.73 Å². The smallest absolute Gasteiger partial charge is 0.217 e. The summed E-state index contributed by atoms with van der Waals surface area (Å²) in [6.45, 7) is 0. The molecular formula is C30H43N3O. The summed E-state index contributed by atoms with van der Waals surface area (Å²) in [5.74, 6) is -0.162. The Labute approximate surface area is 205 Å². The van der Waals surface area contributed by atoms with E-state index in [0.717, 1.165) is 30.3 Å². The fraction of sp³-hybridized carbons (Fsp3) is 0.567. The molecule has 184 valence electrons. The fourth-order valence-corrected chi connectivity index (χ4v) is 4.97. The number of pyridine rings is 2. The molecule has 0 aliphatic carbocycles. The van der Waals surface area contributed by atoms with Crippen LogP contribution in [0.4, 0.5) is 0 Å². The maximum atomic E-state index is 10.7. The van der Waals surface area contributed by atoms with E-state index >= 15 is 0 Å². The summed E-state index contributed by atoms with van der Waals surface area (Å²) >= 11 is 0. The van der Waals surface area contributed by atoms with E-state index < -0.39 is 0 Å². The zero-order chi connectivity index (χ0) is 23.8. The second-order valence-electron chi connectivity index (χ2n) is 9.78. The number of nitrogens with zero attached hydrogens (tertiary/aromatic N) is 2. The lowest BCUT2D eigenvalue weighted by molar-refractivity contribution is -0.118. The molecule has 0 saturated heterocycles. The van der Waals surface area contributed by atoms with Crippen LogP contribution in [0.25, 0.3) is 21.8 Å². The number of nitrogens with two attached hydrogens (primary N) is 1. The van der Waals surface area contributed by atoms with Crippen molar-refractivity contribution in [3.05, 3.63) is 48.3 Å². The minimum absolute atomic E-state index is 0.162. The van der Waals surface area contributed by atoms with Crippen molar-refractivity contribution in [2.75, 3.05) is 0 Å². The number of aromatic nitrogens is 2. The zero-order valence-electron chi connectivity index (χ0n) is 20.9. The van der Waals surface area contributed by atoms with Crippen LogP contribution in [0, 0.1) is 0 Å². The van der Waals surface area contributed by atoms with Crippen molar-refractivity contribution in [3.63, 3.8) is 0 Å². The van der Waals surface area contributed by atoms with E-state index in [-0.39, 0.29) is 5.91 Å². The van der Waals surface area contributed by atoms with Gasteiger partial charge in [0.2, 0.25) is 5.91 Å². The first-order valence-corrected chi connectivity index (χ1v) is 13.7. The van der Waals surface area contributed by atoms with Gasteiger partial charge in [0.05, 0.1) is 11.0 Å². The second-order valence-corrected chi connectivity index (χ2v) is 9.78. The number of amides is 1. The molecule has 1 aromatic carbocycles. The average molecular weight is 462 g/mol. The van der Waals surface area contributed by atoms with Crippen LogP contribution in [0.5, 0.6) is 0 Å². The highest BCUT2D eigenvalue weighted by molar-refractivity contribution is 6.04. The molecule has 3 rings (SSSR count). The number of carbonyl (C=O) groups excluding carboxylic acids is 1. The Morgan fingerprint density at radius 2 is 1.15 bits per heavy atom. The monoisotopic (exact) mass is 461 g/mol. The molecule has 0 atom stereocenters. The van der Waals surface area contributed by atoms with Crippen LogP contribution in [0.2, 0.25) is 0 Å². The highest BCUT2D eigenvalue weighted by Gasteiger charge is 2.08. The normalized spacial score (nSPS) is 11.4. The maximum absolute atomic E-state index is 10.7. The van der Waals surface area contributed by atoms with Gasteiger partial charge in [-0.05, 0) is 43.0 Å². The van der Waals surface area contributed by atoms with Gasteiger partial charge in [0, 0.05) is 29.6 Å². The molecule has 0 aliphatic heterocycles. The molecule has 3 aromatic rings. The van der Waals surface area contributed by atoms with Crippen molar-refractivity contribution >= 4 is 27.7 Å². The molecule has 0 radical (unpaired) electrons. The quantitative estimate of drug-likeness (QED) is 0.154. The highest BCUT2D eigenvalue weighted by atomic mass is 16.1. The average Bonchev–Trinajstić information content (AvgIpc) is 2.85. The number of fused-ring (bicyclic) bond motifs is 3. The summed E-state index contributed by atoms with van der Waals surface area (Å²) in [5.41, 5.74) is 8.63. The van der Waals surface area contributed by atoms with Gasteiger partial charge in [-0.1, -0.05) is 95.6 Å². The van der Waals surface area contributed by atoms with Crippen LogP contribution in [0.3, 0.4) is 0 Å². The van der Waals surface area contributed by atoms with E-state index in [1.54, 1.807) is 0 Å². The Morgan fingerprint density at radius 3 is 1.74 bits per heavy atom. The van der Waals surface area contributed by atoms with Gasteiger partial charge < -0.3 is 5.73 Å². The lowest BCUT2D eigenvalue weighted by Gasteiger charge is -2.09. The molecule has 2 aromatic heterocycles. The molecule has 0 aliphatic rings. The molecular weight excluding hydrogens is 418 g/mol. The minimum Gasteiger partial charge on any atom is -0.370 e. The Kier molecular flexibility index (Phi) is 11.8. The van der Waals surface area contributed by atoms with Gasteiger partial charge in [-0.2, -0.15) is 0 Å². The van der Waals surface area contributed by atoms with E-state index in [1.165, 1.54) is 99.8 Å². The SMILES string of the molecule is NC(=O)CCCCCCCCCCCCCCCCCc1cc2cccnc2c2ncccc12. The van der Waals surface area contributed by atoms with Crippen molar-refractivity contribution in [2.45, 2.75) is 109 Å². The summed E-state index contributed by atoms with van der Waals surface area (Å²) in [5, 5.41) is 2.46. The second kappa shape index (κ2) is 15.4. The van der Waals surface area contributed by atoms with E-state index in [2.05, 4.69) is 28.2 Å². The number of unbranched alkanes of at least 4 members (excludes halogenated alkanes) is 14. The molecule has 0 saturated carbocycles. The minimum atomic E-state index is -0.162. The van der Waals surface area contributed by atoms with E-state index in [0.29, 0.717) is 6.42 Å². The van der Waals surface area contributed by atoms with Gasteiger partial charge in [0.1, 0.15) is 0 Å². The molecule has 2 heterocycles. The van der Waals surface area contributed by atoms with Crippen LogP contribution in [0.1, 0.15) is 108 Å². The van der Waals surface area contributed by atoms with Gasteiger partial charge in [-0.3, -0.25) is 14.8 Å². The summed E-state index contributed by atoms with van der Waals surface area (Å²) in [6.07, 6.45) is 25.0. The summed E-state index contributed by atoms with van der Waals surface area (Å²) < 4.78 is 0. The predicted octanol–water partition coefficient (Wildman–Crippen LogP) is 8.05. The molecule has 0 unspecified atom stereocenters. The maximum Gasteiger partial charge on any atom is 0.217 e. The molecule has 34 heavy (non-hydrogen) atoms. The van der Waals surface area contributed by atoms with Crippen LogP contribution in [-0.2, 0) is 11.2 Å². The summed E-state index contributed by atoms with van der Waals surface area (Å²) in [6, 6.07) is 10.7. The van der Waals surface area contributed by atoms with E-state index in [9.17, 15) is 4.79 Å². The number of hydrogen-bond donors (Lipinski definition) is 1. The Morgan fingerprint density at radius 1 is 0.647 bits per heavy atom. The van der Waals surface area contributed by atoms with Gasteiger partial charge in [-0.25, -0.2) is 0 Å². The third kappa shape index (κ3) is 9.04. The lowest BCUT2D eigenvalue weighted by atomic mass is 9.98. The molecule has 0 bridgehead atoms. The number of primary amides is 1. The van der Waals surface area contributed by atoms with Gasteiger partial charge in [-0.15, -0.1) is 0 Å². The number of rotatable bonds is 18. The zero-order valence-corrected chi connectivity index (χ0v) is 20.9. The van der Waals surface area contributed by atoms with Crippen molar-refractivity contribution in [3.8, 4) is 0 Å². The largest absolute Gasteiger partial charge is 0.370 e. The third-order valence-electron chi connectivity index (χ3n) is 6.92. The number of benzene rings is 1. The van der Waals surface area contributed by atoms with Crippen LogP contribution >= 0.6 is 0 Å². The number of hydrogen-bond acceptors (Lipinski definition) is 3. The van der Waals surface area contributed by atoms with Gasteiger partial charge in [0.25, 0.3) is 0 Å². The first-order valence-electron chi connectivity index (χ1n) is 13.7. The lowest BCUT2D eigenvalue weighted by Crippen LogP contribution is -2.09. The molecule has 0 fully saturated rings. The molecule has 0 spiro atoms. The highest BCUT2D eigenvalue weighted by Crippen LogP contribution is 2.27. The first-order chi connectivity index (χ1) is 16.8. The van der Waals surface area contributed by atoms with Crippen LogP contribution in [-0.4, -0.2) is 15.9 Å². The van der Waals surface area contributed by atoms with Crippen molar-refractivity contribution in [2.24, 2.45) is 5.73 Å². The molecule has 1 amide bonds. The summed E-state index contributed by atoms with van der Waals surface area (Å²) in [4.78, 5) is 19.9. The van der Waals surface area contributed by atoms with Crippen molar-refractivity contribution in [1.29, 1.82) is 0 Å². The number of aryl methyl sites for hydroxylation is 1. The fourth-order valence-electron chi connectivity index (χ4n) is 4.97. The Bertz CT molecular complexity index is 1000.